The van der Waals surface area contributed by atoms with Crippen molar-refractivity contribution in [3.63, 3.8) is 0 Å². The zero-order chi connectivity index (χ0) is 17.2. The van der Waals surface area contributed by atoms with Crippen LogP contribution in [0.2, 0.25) is 0 Å². The van der Waals surface area contributed by atoms with Gasteiger partial charge in [-0.15, -0.1) is 0 Å². The Morgan fingerprint density at radius 3 is 2.71 bits per heavy atom. The van der Waals surface area contributed by atoms with Gasteiger partial charge in [-0.3, -0.25) is 4.79 Å². The van der Waals surface area contributed by atoms with E-state index in [1.165, 1.54) is 0 Å². The Kier molecular flexibility index (Phi) is 5.14. The van der Waals surface area contributed by atoms with E-state index in [-0.39, 0.29) is 17.9 Å². The van der Waals surface area contributed by atoms with Crippen molar-refractivity contribution in [3.05, 3.63) is 29.8 Å². The quantitative estimate of drug-likeness (QED) is 0.915. The minimum absolute atomic E-state index is 0.0194. The summed E-state index contributed by atoms with van der Waals surface area (Å²) in [5.41, 5.74) is 0.497. The van der Waals surface area contributed by atoms with E-state index in [2.05, 4.69) is 12.1 Å². The first-order valence-corrected chi connectivity index (χ1v) is 9.25. The van der Waals surface area contributed by atoms with Gasteiger partial charge in [0.2, 0.25) is 5.91 Å². The Bertz CT molecular complexity index is 571. The van der Waals surface area contributed by atoms with E-state index in [4.69, 9.17) is 4.74 Å². The number of hydrogen-bond acceptors (Lipinski definition) is 3. The second kappa shape index (κ2) is 7.14. The van der Waals surface area contributed by atoms with E-state index in [1.54, 1.807) is 7.11 Å². The number of ether oxygens (including phenoxy) is 1. The van der Waals surface area contributed by atoms with Crippen LogP contribution in [0, 0.1) is 5.92 Å². The molecule has 1 saturated heterocycles. The molecule has 1 heterocycles. The third kappa shape index (κ3) is 3.16. The molecule has 4 heteroatoms. The first kappa shape index (κ1) is 17.3. The molecule has 3 atom stereocenters. The Labute approximate surface area is 144 Å². The molecule has 1 N–H and O–H groups in total. The summed E-state index contributed by atoms with van der Waals surface area (Å²) in [4.78, 5) is 14.7. The molecule has 1 aromatic carbocycles. The van der Waals surface area contributed by atoms with Crippen LogP contribution < -0.4 is 4.74 Å². The van der Waals surface area contributed by atoms with Gasteiger partial charge >= 0.3 is 0 Å². The van der Waals surface area contributed by atoms with Gasteiger partial charge in [0.15, 0.2) is 0 Å². The van der Waals surface area contributed by atoms with E-state index in [1.807, 2.05) is 24.0 Å². The maximum absolute atomic E-state index is 12.7. The average molecular weight is 331 g/mol. The lowest BCUT2D eigenvalue weighted by Gasteiger charge is -2.52. The molecule has 0 bridgehead atoms. The van der Waals surface area contributed by atoms with Crippen molar-refractivity contribution in [2.24, 2.45) is 5.92 Å². The van der Waals surface area contributed by atoms with Crippen LogP contribution in [-0.2, 0) is 4.79 Å². The van der Waals surface area contributed by atoms with Crippen molar-refractivity contribution in [3.8, 4) is 5.75 Å². The fourth-order valence-electron chi connectivity index (χ4n) is 4.53. The van der Waals surface area contributed by atoms with Crippen molar-refractivity contribution in [1.29, 1.82) is 0 Å². The van der Waals surface area contributed by atoms with Crippen molar-refractivity contribution in [1.82, 2.24) is 4.90 Å². The van der Waals surface area contributed by atoms with Crippen LogP contribution in [0.5, 0.6) is 5.75 Å². The molecule has 3 rings (SSSR count). The van der Waals surface area contributed by atoms with Gasteiger partial charge < -0.3 is 14.7 Å². The number of carbonyl (C=O) groups excluding carboxylic acids is 1. The van der Waals surface area contributed by atoms with E-state index in [9.17, 15) is 9.90 Å². The Balaban J connectivity index is 1.96. The van der Waals surface area contributed by atoms with Crippen LogP contribution in [0.15, 0.2) is 24.3 Å². The van der Waals surface area contributed by atoms with Gasteiger partial charge in [0, 0.05) is 18.9 Å². The number of aliphatic hydroxyl groups is 1. The minimum Gasteiger partial charge on any atom is -0.497 e. The fraction of sp³-hybridized carbons (Fsp3) is 0.650. The normalized spacial score (nSPS) is 29.9. The minimum atomic E-state index is -0.619. The maximum atomic E-state index is 12.7. The number of amides is 1. The summed E-state index contributed by atoms with van der Waals surface area (Å²) in [5, 5.41) is 11.2. The van der Waals surface area contributed by atoms with E-state index in [0.29, 0.717) is 19.4 Å². The first-order chi connectivity index (χ1) is 11.6. The molecule has 2 aliphatic rings. The summed E-state index contributed by atoms with van der Waals surface area (Å²) in [5.74, 6) is 1.17. The molecule has 132 valence electrons. The van der Waals surface area contributed by atoms with Crippen LogP contribution in [0.25, 0.3) is 0 Å². The summed E-state index contributed by atoms with van der Waals surface area (Å²) < 4.78 is 5.27. The third-order valence-electron chi connectivity index (χ3n) is 5.81. The molecule has 1 amide bonds. The lowest BCUT2D eigenvalue weighted by Crippen LogP contribution is -2.56. The predicted molar refractivity (Wildman–Crippen MR) is 93.9 cm³/mol. The molecule has 4 nitrogen and oxygen atoms in total. The second-order valence-electron chi connectivity index (χ2n) is 7.26. The number of carbonyl (C=O) groups is 1. The highest BCUT2D eigenvalue weighted by atomic mass is 16.5. The topological polar surface area (TPSA) is 49.8 Å². The van der Waals surface area contributed by atoms with E-state index in [0.717, 1.165) is 43.4 Å². The zero-order valence-corrected chi connectivity index (χ0v) is 14.8. The summed E-state index contributed by atoms with van der Waals surface area (Å²) in [6.45, 7) is 2.70. The Morgan fingerprint density at radius 2 is 2.04 bits per heavy atom. The third-order valence-corrected chi connectivity index (χ3v) is 5.81. The van der Waals surface area contributed by atoms with Gasteiger partial charge in [-0.05, 0) is 43.4 Å². The van der Waals surface area contributed by atoms with Gasteiger partial charge in [0.05, 0.1) is 18.8 Å². The fourth-order valence-corrected chi connectivity index (χ4v) is 4.53. The van der Waals surface area contributed by atoms with Crippen LogP contribution in [-0.4, -0.2) is 35.2 Å². The molecule has 2 fully saturated rings. The van der Waals surface area contributed by atoms with Crippen molar-refractivity contribution >= 4 is 5.91 Å². The SMILES string of the molecule is CCCC(=O)N1CC[C@]2(O)CCCC[C@@H]2[C@@H]1c1ccc(OC)cc1. The first-order valence-electron chi connectivity index (χ1n) is 9.25. The smallest absolute Gasteiger partial charge is 0.223 e. The number of rotatable bonds is 4. The Hall–Kier alpha value is -1.55. The molecule has 0 spiro atoms. The highest BCUT2D eigenvalue weighted by molar-refractivity contribution is 5.77. The summed E-state index contributed by atoms with van der Waals surface area (Å²) in [6, 6.07) is 7.99. The number of fused-ring (bicyclic) bond motifs is 1. The molecule has 0 aromatic heterocycles. The van der Waals surface area contributed by atoms with Gasteiger partial charge in [0.1, 0.15) is 5.75 Å². The predicted octanol–water partition coefficient (Wildman–Crippen LogP) is 3.69. The van der Waals surface area contributed by atoms with Gasteiger partial charge in [-0.25, -0.2) is 0 Å². The van der Waals surface area contributed by atoms with E-state index < -0.39 is 5.60 Å². The molecule has 0 unspecified atom stereocenters. The number of methoxy groups -OCH3 is 1. The molecular formula is C20H29NO3. The number of benzene rings is 1. The molecule has 0 radical (unpaired) electrons. The summed E-state index contributed by atoms with van der Waals surface area (Å²) in [7, 11) is 1.66. The number of likely N-dealkylation sites (tertiary alicyclic amines) is 1. The van der Waals surface area contributed by atoms with Crippen LogP contribution in [0.3, 0.4) is 0 Å². The van der Waals surface area contributed by atoms with Crippen molar-refractivity contribution in [2.75, 3.05) is 13.7 Å². The lowest BCUT2D eigenvalue weighted by atomic mass is 9.66. The molecule has 1 aliphatic carbocycles. The Morgan fingerprint density at radius 1 is 1.29 bits per heavy atom. The number of hydrogen-bond donors (Lipinski definition) is 1. The second-order valence-corrected chi connectivity index (χ2v) is 7.26. The summed E-state index contributed by atoms with van der Waals surface area (Å²) >= 11 is 0. The van der Waals surface area contributed by atoms with Crippen molar-refractivity contribution < 1.29 is 14.6 Å². The number of piperidine rings is 1. The van der Waals surface area contributed by atoms with Gasteiger partial charge in [-0.1, -0.05) is 31.9 Å². The number of nitrogens with zero attached hydrogens (tertiary/aromatic N) is 1. The van der Waals surface area contributed by atoms with Crippen LogP contribution in [0.4, 0.5) is 0 Å². The van der Waals surface area contributed by atoms with Gasteiger partial charge in [-0.2, -0.15) is 0 Å². The van der Waals surface area contributed by atoms with E-state index >= 15 is 0 Å². The largest absolute Gasteiger partial charge is 0.497 e. The molecular weight excluding hydrogens is 302 g/mol. The monoisotopic (exact) mass is 331 g/mol. The molecule has 1 saturated carbocycles. The van der Waals surface area contributed by atoms with Crippen LogP contribution >= 0.6 is 0 Å². The lowest BCUT2D eigenvalue weighted by molar-refractivity contribution is -0.155. The zero-order valence-electron chi connectivity index (χ0n) is 14.8. The molecule has 1 aliphatic heterocycles. The highest BCUT2D eigenvalue weighted by Gasteiger charge is 2.49. The molecule has 1 aromatic rings. The highest BCUT2D eigenvalue weighted by Crippen LogP contribution is 2.49. The standard InChI is InChI=1S/C20H29NO3/c1-3-6-18(22)21-14-13-20(23)12-5-4-7-17(20)19(21)15-8-10-16(24-2)11-9-15/h8-11,17,19,23H,3-7,12-14H2,1-2H3/t17-,19+,20-/m1/s1. The molecule has 24 heavy (non-hydrogen) atoms. The van der Waals surface area contributed by atoms with Gasteiger partial charge in [0.25, 0.3) is 0 Å². The van der Waals surface area contributed by atoms with Crippen LogP contribution in [0.1, 0.15) is 63.5 Å². The maximum Gasteiger partial charge on any atom is 0.223 e. The summed E-state index contributed by atoms with van der Waals surface area (Å²) in [6.07, 6.45) is 6.22. The van der Waals surface area contributed by atoms with Crippen molar-refractivity contribution in [2.45, 2.75) is 63.5 Å². The average Bonchev–Trinajstić information content (AvgIpc) is 2.60.